The van der Waals surface area contributed by atoms with Gasteiger partial charge in [-0.05, 0) is 83.5 Å². The zero-order valence-corrected chi connectivity index (χ0v) is 31.3. The monoisotopic (exact) mass is 702 g/mol. The molecular weight excluding hydrogens is 635 g/mol. The summed E-state index contributed by atoms with van der Waals surface area (Å²) in [5.74, 6) is -0.272. The molecule has 0 rings (SSSR count). The molecule has 0 saturated heterocycles. The lowest BCUT2D eigenvalue weighted by molar-refractivity contribution is -0.122. The van der Waals surface area contributed by atoms with Crippen molar-refractivity contribution < 1.29 is 28.4 Å². The smallest absolute Gasteiger partial charge is 0.387 e. The van der Waals surface area contributed by atoms with E-state index in [9.17, 15) is 19.4 Å². The van der Waals surface area contributed by atoms with Crippen LogP contribution < -0.4 is 11.1 Å². The van der Waals surface area contributed by atoms with Gasteiger partial charge in [-0.3, -0.25) is 13.8 Å². The Morgan fingerprint density at radius 2 is 1.18 bits per heavy atom. The Morgan fingerprint density at radius 3 is 1.73 bits per heavy atom. The maximum atomic E-state index is 12.7. The Hall–Kier alpha value is -2.58. The molecule has 0 saturated carbocycles. The van der Waals surface area contributed by atoms with Gasteiger partial charge >= 0.3 is 7.82 Å². The summed E-state index contributed by atoms with van der Waals surface area (Å²) in [6.45, 7) is 3.86. The summed E-state index contributed by atoms with van der Waals surface area (Å²) in [6.07, 6.45) is 47.5. The number of hydrogen-bond acceptors (Lipinski definition) is 6. The van der Waals surface area contributed by atoms with Gasteiger partial charge < -0.3 is 21.1 Å². The second-order valence-electron chi connectivity index (χ2n) is 11.7. The van der Waals surface area contributed by atoms with Crippen molar-refractivity contribution in [1.29, 1.82) is 0 Å². The first-order valence-corrected chi connectivity index (χ1v) is 19.9. The van der Waals surface area contributed by atoms with E-state index >= 15 is 0 Å². The SMILES string of the molecule is CC/C=C\C/C=C\C/C=C\C/C=C\C/C=C\CCCC(=O)NC(COP(=O)(O)OCCN)C(O)/C=C/CC/C=C/CC/C=C/CCCCC. The number of phosphoric ester groups is 1. The summed E-state index contributed by atoms with van der Waals surface area (Å²) < 4.78 is 22.0. The van der Waals surface area contributed by atoms with E-state index in [4.69, 9.17) is 14.8 Å². The van der Waals surface area contributed by atoms with Crippen molar-refractivity contribution in [3.63, 3.8) is 0 Å². The van der Waals surface area contributed by atoms with Crippen LogP contribution in [0.2, 0.25) is 0 Å². The standard InChI is InChI=1S/C40H67N2O6P/c1-3-5-7-9-11-13-15-17-18-19-20-22-24-26-28-30-32-34-40(44)42-38(37-48-49(45,46)47-36-35-41)39(43)33-31-29-27-25-23-21-16-14-12-10-8-6-4-2/h5,7,11-14,17-18,20,22-23,25-26,28,31,33,38-39,43H,3-4,6,8-10,15-16,19,21,24,27,29-30,32,34-37,41H2,1-2H3,(H,42,44)(H,45,46)/b7-5-,13-11-,14-12+,18-17-,22-20-,25-23+,28-26-,33-31+. The van der Waals surface area contributed by atoms with Crippen LogP contribution in [-0.4, -0.2) is 47.8 Å². The van der Waals surface area contributed by atoms with Crippen LogP contribution in [0.3, 0.4) is 0 Å². The van der Waals surface area contributed by atoms with Gasteiger partial charge in [-0.1, -0.05) is 124 Å². The molecular formula is C40H67N2O6P. The molecule has 3 unspecified atom stereocenters. The van der Waals surface area contributed by atoms with Gasteiger partial charge in [0, 0.05) is 13.0 Å². The lowest BCUT2D eigenvalue weighted by Crippen LogP contribution is -2.45. The molecule has 5 N–H and O–H groups in total. The molecule has 0 heterocycles. The number of nitrogens with two attached hydrogens (primary N) is 1. The molecule has 0 radical (unpaired) electrons. The van der Waals surface area contributed by atoms with E-state index in [1.165, 1.54) is 19.3 Å². The maximum Gasteiger partial charge on any atom is 0.472 e. The number of aliphatic hydroxyl groups excluding tert-OH is 1. The van der Waals surface area contributed by atoms with Gasteiger partial charge in [0.1, 0.15) is 0 Å². The summed E-state index contributed by atoms with van der Waals surface area (Å²) in [6, 6.07) is -0.918. The van der Waals surface area contributed by atoms with Crippen LogP contribution in [0.25, 0.3) is 0 Å². The molecule has 278 valence electrons. The van der Waals surface area contributed by atoms with Crippen LogP contribution in [-0.2, 0) is 18.4 Å². The molecule has 0 bridgehead atoms. The summed E-state index contributed by atoms with van der Waals surface area (Å²) >= 11 is 0. The van der Waals surface area contributed by atoms with Gasteiger partial charge in [-0.2, -0.15) is 0 Å². The third-order valence-electron chi connectivity index (χ3n) is 7.12. The largest absolute Gasteiger partial charge is 0.472 e. The first-order chi connectivity index (χ1) is 23.9. The van der Waals surface area contributed by atoms with Crippen LogP contribution in [0.15, 0.2) is 97.2 Å². The van der Waals surface area contributed by atoms with Crippen molar-refractivity contribution in [3.8, 4) is 0 Å². The average Bonchev–Trinajstić information content (AvgIpc) is 3.09. The number of allylic oxidation sites excluding steroid dienone is 15. The predicted molar refractivity (Wildman–Crippen MR) is 207 cm³/mol. The molecule has 1 amide bonds. The average molecular weight is 703 g/mol. The minimum atomic E-state index is -4.37. The third kappa shape index (κ3) is 33.7. The van der Waals surface area contributed by atoms with Crippen LogP contribution >= 0.6 is 7.82 Å². The van der Waals surface area contributed by atoms with Crippen LogP contribution in [0, 0.1) is 0 Å². The first-order valence-electron chi connectivity index (χ1n) is 18.4. The molecule has 3 atom stereocenters. The van der Waals surface area contributed by atoms with E-state index in [-0.39, 0.29) is 25.5 Å². The van der Waals surface area contributed by atoms with Gasteiger partial charge in [-0.15, -0.1) is 0 Å². The summed E-state index contributed by atoms with van der Waals surface area (Å²) in [5.41, 5.74) is 5.34. The van der Waals surface area contributed by atoms with Gasteiger partial charge in [0.2, 0.25) is 5.91 Å². The van der Waals surface area contributed by atoms with Gasteiger partial charge in [-0.25, -0.2) is 4.57 Å². The summed E-state index contributed by atoms with van der Waals surface area (Å²) in [7, 11) is -4.37. The Kier molecular flexibility index (Phi) is 33.4. The zero-order valence-electron chi connectivity index (χ0n) is 30.4. The number of nitrogens with one attached hydrogen (secondary N) is 1. The lowest BCUT2D eigenvalue weighted by Gasteiger charge is -2.23. The Balaban J connectivity index is 4.55. The number of aliphatic hydroxyl groups is 1. The molecule has 9 heteroatoms. The number of unbranched alkanes of at least 4 members (excludes halogenated alkanes) is 6. The molecule has 0 aliphatic heterocycles. The number of hydrogen-bond donors (Lipinski definition) is 4. The molecule has 0 aromatic heterocycles. The van der Waals surface area contributed by atoms with Crippen LogP contribution in [0.5, 0.6) is 0 Å². The van der Waals surface area contributed by atoms with Crippen molar-refractivity contribution in [2.24, 2.45) is 5.73 Å². The van der Waals surface area contributed by atoms with Gasteiger partial charge in [0.15, 0.2) is 0 Å². The van der Waals surface area contributed by atoms with E-state index < -0.39 is 26.6 Å². The Labute approximate surface area is 298 Å². The molecule has 0 aromatic carbocycles. The van der Waals surface area contributed by atoms with Crippen molar-refractivity contribution in [2.45, 2.75) is 129 Å². The molecule has 8 nitrogen and oxygen atoms in total. The fourth-order valence-corrected chi connectivity index (χ4v) is 5.13. The normalized spacial score (nSPS) is 15.4. The fourth-order valence-electron chi connectivity index (χ4n) is 4.37. The van der Waals surface area contributed by atoms with E-state index in [1.807, 2.05) is 6.08 Å². The van der Waals surface area contributed by atoms with Crippen molar-refractivity contribution in [3.05, 3.63) is 97.2 Å². The van der Waals surface area contributed by atoms with Crippen LogP contribution in [0.1, 0.15) is 117 Å². The van der Waals surface area contributed by atoms with Crippen molar-refractivity contribution >= 4 is 13.7 Å². The molecule has 49 heavy (non-hydrogen) atoms. The maximum absolute atomic E-state index is 12.7. The highest BCUT2D eigenvalue weighted by Gasteiger charge is 2.26. The quantitative estimate of drug-likeness (QED) is 0.0312. The Bertz CT molecular complexity index is 1080. The topological polar surface area (TPSA) is 131 Å². The van der Waals surface area contributed by atoms with Crippen molar-refractivity contribution in [2.75, 3.05) is 19.8 Å². The minimum Gasteiger partial charge on any atom is -0.387 e. The fraction of sp³-hybridized carbons (Fsp3) is 0.575. The minimum absolute atomic E-state index is 0.0571. The third-order valence-corrected chi connectivity index (χ3v) is 8.11. The van der Waals surface area contributed by atoms with Crippen LogP contribution in [0.4, 0.5) is 0 Å². The number of amides is 1. The highest BCUT2D eigenvalue weighted by Crippen LogP contribution is 2.43. The first kappa shape index (κ1) is 46.4. The summed E-state index contributed by atoms with van der Waals surface area (Å²) in [5, 5.41) is 13.5. The predicted octanol–water partition coefficient (Wildman–Crippen LogP) is 9.66. The second kappa shape index (κ2) is 35.3. The summed E-state index contributed by atoms with van der Waals surface area (Å²) in [4.78, 5) is 22.5. The highest BCUT2D eigenvalue weighted by molar-refractivity contribution is 7.47. The lowest BCUT2D eigenvalue weighted by atomic mass is 10.1. The van der Waals surface area contributed by atoms with E-state index in [2.05, 4.69) is 104 Å². The van der Waals surface area contributed by atoms with E-state index in [1.54, 1.807) is 6.08 Å². The van der Waals surface area contributed by atoms with Gasteiger partial charge in [0.05, 0.1) is 25.4 Å². The number of carbonyl (C=O) groups excluding carboxylic acids is 1. The molecule has 0 spiro atoms. The molecule has 0 aliphatic rings. The number of phosphoric acid groups is 1. The van der Waals surface area contributed by atoms with E-state index in [0.29, 0.717) is 12.8 Å². The molecule has 0 aliphatic carbocycles. The Morgan fingerprint density at radius 1 is 0.694 bits per heavy atom. The molecule has 0 fully saturated rings. The van der Waals surface area contributed by atoms with Gasteiger partial charge in [0.25, 0.3) is 0 Å². The number of carbonyl (C=O) groups is 1. The van der Waals surface area contributed by atoms with E-state index in [0.717, 1.165) is 64.2 Å². The molecule has 0 aromatic rings. The highest BCUT2D eigenvalue weighted by atomic mass is 31.2. The number of rotatable bonds is 32. The van der Waals surface area contributed by atoms with Crippen molar-refractivity contribution in [1.82, 2.24) is 5.32 Å². The second-order valence-corrected chi connectivity index (χ2v) is 13.1. The zero-order chi connectivity index (χ0) is 36.1.